The maximum Gasteiger partial charge on any atom is 0.222 e. The number of quaternary nitrogens is 1. The van der Waals surface area contributed by atoms with Gasteiger partial charge in [-0.05, 0) is 18.2 Å². The summed E-state index contributed by atoms with van der Waals surface area (Å²) >= 11 is 0. The van der Waals surface area contributed by atoms with E-state index in [1.165, 1.54) is 25.1 Å². The molecule has 2 N–H and O–H groups in total. The van der Waals surface area contributed by atoms with Gasteiger partial charge >= 0.3 is 0 Å². The van der Waals surface area contributed by atoms with E-state index in [1.807, 2.05) is 0 Å². The van der Waals surface area contributed by atoms with Gasteiger partial charge in [0.25, 0.3) is 0 Å². The highest BCUT2D eigenvalue weighted by molar-refractivity contribution is 5.52. The van der Waals surface area contributed by atoms with Crippen LogP contribution in [0.4, 0.5) is 5.69 Å². The summed E-state index contributed by atoms with van der Waals surface area (Å²) in [5.41, 5.74) is -1.11. The van der Waals surface area contributed by atoms with Crippen LogP contribution in [0.5, 0.6) is 5.75 Å². The predicted molar refractivity (Wildman–Crippen MR) is 57.9 cm³/mol. The van der Waals surface area contributed by atoms with Crippen molar-refractivity contribution >= 4 is 5.69 Å². The zero-order valence-electron chi connectivity index (χ0n) is 8.42. The van der Waals surface area contributed by atoms with Gasteiger partial charge in [-0.2, -0.15) is 0 Å². The van der Waals surface area contributed by atoms with Crippen LogP contribution in [0.25, 0.3) is 0 Å². The molecule has 2 rings (SSSR count). The number of phenols is 1. The Hall–Kier alpha value is -1.36. The molecule has 0 aromatic heterocycles. The third-order valence-corrected chi connectivity index (χ3v) is 2.77. The highest BCUT2D eigenvalue weighted by Crippen LogP contribution is 2.36. The third kappa shape index (κ3) is 1.43. The van der Waals surface area contributed by atoms with Crippen LogP contribution in [0.2, 0.25) is 0 Å². The van der Waals surface area contributed by atoms with Crippen LogP contribution >= 0.6 is 0 Å². The largest absolute Gasteiger partial charge is 0.625 e. The lowest BCUT2D eigenvalue weighted by Gasteiger charge is -2.46. The molecule has 1 aliphatic heterocycles. The quantitative estimate of drug-likeness (QED) is 0.416. The van der Waals surface area contributed by atoms with Gasteiger partial charge in [-0.15, -0.1) is 0 Å². The molecule has 0 saturated carbocycles. The first-order chi connectivity index (χ1) is 6.96. The summed E-state index contributed by atoms with van der Waals surface area (Å²) in [7, 11) is 0. The number of nitrogens with zero attached hydrogens (tertiary/aromatic N) is 1. The average molecular weight is 207 g/mol. The Morgan fingerprint density at radius 1 is 1.47 bits per heavy atom. The molecule has 2 unspecified atom stereocenters. The number of aromatic hydroxyl groups is 1. The molecule has 0 amide bonds. The van der Waals surface area contributed by atoms with Crippen LogP contribution in [0.15, 0.2) is 36.4 Å². The average Bonchev–Trinajstić information content (AvgIpc) is 2.43. The van der Waals surface area contributed by atoms with Gasteiger partial charge in [-0.25, -0.2) is 0 Å². The second-order valence-electron chi connectivity index (χ2n) is 3.94. The van der Waals surface area contributed by atoms with Gasteiger partial charge in [0.05, 0.1) is 0 Å². The summed E-state index contributed by atoms with van der Waals surface area (Å²) in [5, 5.41) is 31.7. The van der Waals surface area contributed by atoms with Gasteiger partial charge < -0.3 is 15.4 Å². The molecule has 0 bridgehead atoms. The third-order valence-electron chi connectivity index (χ3n) is 2.77. The molecule has 1 aromatic rings. The molecule has 1 heterocycles. The Labute approximate surface area is 87.9 Å². The van der Waals surface area contributed by atoms with Gasteiger partial charge in [-0.3, -0.25) is 4.65 Å². The molecule has 0 radical (unpaired) electrons. The zero-order valence-corrected chi connectivity index (χ0v) is 8.42. The molecular weight excluding hydrogens is 194 g/mol. The van der Waals surface area contributed by atoms with E-state index in [1.54, 1.807) is 18.2 Å². The minimum absolute atomic E-state index is 0.0311. The number of phenolic OH excluding ortho intramolecular Hbond substituents is 1. The van der Waals surface area contributed by atoms with Crippen LogP contribution in [0.1, 0.15) is 6.92 Å². The Morgan fingerprint density at radius 2 is 2.20 bits per heavy atom. The standard InChI is InChI=1S/C11H13NO3/c1-11(14)6-3-7-12(11,15)9-4-2-5-10(13)8-9/h2-6,8,13-14H,7H2,1H3. The van der Waals surface area contributed by atoms with Crippen molar-refractivity contribution in [1.29, 1.82) is 0 Å². The fourth-order valence-electron chi connectivity index (χ4n) is 1.81. The first kappa shape index (κ1) is 10.2. The van der Waals surface area contributed by atoms with E-state index in [0.717, 1.165) is 0 Å². The number of hydrogen-bond acceptors (Lipinski definition) is 3. The highest BCUT2D eigenvalue weighted by atomic mass is 16.6. The molecule has 0 fully saturated rings. The predicted octanol–water partition coefficient (Wildman–Crippen LogP) is 1.48. The van der Waals surface area contributed by atoms with Crippen molar-refractivity contribution in [2.24, 2.45) is 0 Å². The first-order valence-corrected chi connectivity index (χ1v) is 4.74. The van der Waals surface area contributed by atoms with E-state index in [9.17, 15) is 15.4 Å². The SMILES string of the molecule is CC1(O)C=CC[N+]1([O-])c1cccc(O)c1. The van der Waals surface area contributed by atoms with Crippen LogP contribution in [0.3, 0.4) is 0 Å². The lowest BCUT2D eigenvalue weighted by molar-refractivity contribution is -0.000129. The first-order valence-electron chi connectivity index (χ1n) is 4.74. The fourth-order valence-corrected chi connectivity index (χ4v) is 1.81. The van der Waals surface area contributed by atoms with E-state index in [4.69, 9.17) is 0 Å². The molecule has 1 aliphatic rings. The second kappa shape index (κ2) is 3.06. The molecule has 80 valence electrons. The van der Waals surface area contributed by atoms with E-state index >= 15 is 0 Å². The Kier molecular flexibility index (Phi) is 2.08. The summed E-state index contributed by atoms with van der Waals surface area (Å²) < 4.78 is -0.874. The Balaban J connectivity index is 2.47. The summed E-state index contributed by atoms with van der Waals surface area (Å²) in [6, 6.07) is 6.08. The topological polar surface area (TPSA) is 63.5 Å². The molecule has 2 atom stereocenters. The summed E-state index contributed by atoms with van der Waals surface area (Å²) in [6.45, 7) is 1.64. The minimum atomic E-state index is -1.46. The minimum Gasteiger partial charge on any atom is -0.625 e. The van der Waals surface area contributed by atoms with Gasteiger partial charge in [0.1, 0.15) is 18.0 Å². The summed E-state index contributed by atoms with van der Waals surface area (Å²) in [5.74, 6) is 0.0311. The van der Waals surface area contributed by atoms with E-state index in [-0.39, 0.29) is 12.3 Å². The number of aliphatic hydroxyl groups is 1. The Bertz CT molecular complexity index is 414. The van der Waals surface area contributed by atoms with E-state index in [2.05, 4.69) is 0 Å². The number of hydroxylamine groups is 2. The lowest BCUT2D eigenvalue weighted by Crippen LogP contribution is -2.56. The van der Waals surface area contributed by atoms with Crippen molar-refractivity contribution in [2.45, 2.75) is 12.6 Å². The molecule has 0 aliphatic carbocycles. The van der Waals surface area contributed by atoms with Crippen molar-refractivity contribution in [3.8, 4) is 5.75 Å². The van der Waals surface area contributed by atoms with Crippen LogP contribution < -0.4 is 4.65 Å². The summed E-state index contributed by atoms with van der Waals surface area (Å²) in [6.07, 6.45) is 3.14. The summed E-state index contributed by atoms with van der Waals surface area (Å²) in [4.78, 5) is 0. The molecule has 4 heteroatoms. The lowest BCUT2D eigenvalue weighted by atomic mass is 10.2. The maximum atomic E-state index is 12.4. The molecule has 1 aromatic carbocycles. The van der Waals surface area contributed by atoms with Gasteiger partial charge in [0, 0.05) is 19.1 Å². The van der Waals surface area contributed by atoms with Crippen LogP contribution in [-0.4, -0.2) is 22.5 Å². The number of hydrogen-bond donors (Lipinski definition) is 2. The van der Waals surface area contributed by atoms with Gasteiger partial charge in [0.15, 0.2) is 0 Å². The number of benzene rings is 1. The van der Waals surface area contributed by atoms with Crippen LogP contribution in [0, 0.1) is 5.21 Å². The molecule has 4 nitrogen and oxygen atoms in total. The molecule has 0 spiro atoms. The Morgan fingerprint density at radius 3 is 2.73 bits per heavy atom. The van der Waals surface area contributed by atoms with E-state index in [0.29, 0.717) is 5.69 Å². The van der Waals surface area contributed by atoms with Crippen LogP contribution in [-0.2, 0) is 0 Å². The monoisotopic (exact) mass is 207 g/mol. The maximum absolute atomic E-state index is 12.4. The van der Waals surface area contributed by atoms with E-state index < -0.39 is 10.4 Å². The normalized spacial score (nSPS) is 34.6. The smallest absolute Gasteiger partial charge is 0.222 e. The van der Waals surface area contributed by atoms with Crippen molar-refractivity contribution in [3.05, 3.63) is 41.6 Å². The van der Waals surface area contributed by atoms with Crippen molar-refractivity contribution in [3.63, 3.8) is 0 Å². The van der Waals surface area contributed by atoms with Crippen molar-refractivity contribution < 1.29 is 10.2 Å². The molecule has 15 heavy (non-hydrogen) atoms. The highest BCUT2D eigenvalue weighted by Gasteiger charge is 2.42. The molecule has 0 saturated heterocycles. The molecular formula is C11H13NO3. The zero-order chi connectivity index (χ0) is 11.1. The van der Waals surface area contributed by atoms with Gasteiger partial charge in [-0.1, -0.05) is 6.07 Å². The van der Waals surface area contributed by atoms with Gasteiger partial charge in [0.2, 0.25) is 5.72 Å². The second-order valence-corrected chi connectivity index (χ2v) is 3.94. The number of rotatable bonds is 1. The fraction of sp³-hybridized carbons (Fsp3) is 0.273. The van der Waals surface area contributed by atoms with Crippen molar-refractivity contribution in [2.75, 3.05) is 6.54 Å². The van der Waals surface area contributed by atoms with Crippen molar-refractivity contribution in [1.82, 2.24) is 4.65 Å².